The lowest BCUT2D eigenvalue weighted by atomic mass is 9.96. The van der Waals surface area contributed by atoms with Gasteiger partial charge in [0.1, 0.15) is 0 Å². The number of aromatic amines is 1. The zero-order chi connectivity index (χ0) is 18.5. The number of nitrogens with zero attached hydrogens (tertiary/aromatic N) is 2. The number of benzene rings is 2. The van der Waals surface area contributed by atoms with Crippen molar-refractivity contribution in [2.75, 3.05) is 24.5 Å². The third-order valence-corrected chi connectivity index (χ3v) is 5.33. The molecular weight excluding hydrogens is 336 g/mol. The summed E-state index contributed by atoms with van der Waals surface area (Å²) in [5.74, 6) is 1.23. The van der Waals surface area contributed by atoms with Crippen LogP contribution in [0.4, 0.5) is 5.95 Å². The summed E-state index contributed by atoms with van der Waals surface area (Å²) < 4.78 is 0. The standard InChI is InChI=1S/C22H26N4O/c27-21(23-14-6-9-17-7-2-1-3-8-17)18-12-15-26(16-13-18)22-24-19-10-4-5-11-20(19)25-22/h1-5,7-8,10-11,18H,6,9,12-16H2,(H,23,27)(H,24,25). The third-order valence-electron chi connectivity index (χ3n) is 5.33. The van der Waals surface area contributed by atoms with Gasteiger partial charge in [-0.3, -0.25) is 4.79 Å². The Morgan fingerprint density at radius 2 is 1.81 bits per heavy atom. The molecule has 1 aromatic heterocycles. The SMILES string of the molecule is O=C(NCCCc1ccccc1)C1CCN(c2nc3ccccc3[nH]2)CC1. The maximum Gasteiger partial charge on any atom is 0.223 e. The molecule has 1 aliphatic rings. The van der Waals surface area contributed by atoms with Crippen molar-refractivity contribution in [3.63, 3.8) is 0 Å². The maximum atomic E-state index is 12.4. The molecule has 1 aliphatic heterocycles. The molecule has 2 heterocycles. The van der Waals surface area contributed by atoms with Crippen LogP contribution in [0.1, 0.15) is 24.8 Å². The first-order valence-corrected chi connectivity index (χ1v) is 9.81. The summed E-state index contributed by atoms with van der Waals surface area (Å²) in [4.78, 5) is 22.7. The second kappa shape index (κ2) is 8.25. The van der Waals surface area contributed by atoms with Crippen molar-refractivity contribution >= 4 is 22.9 Å². The molecule has 140 valence electrons. The Labute approximate surface area is 159 Å². The number of carbonyl (C=O) groups excluding carboxylic acids is 1. The van der Waals surface area contributed by atoms with Crippen LogP contribution in [0.2, 0.25) is 0 Å². The highest BCUT2D eigenvalue weighted by atomic mass is 16.1. The number of H-pyrrole nitrogens is 1. The number of carbonyl (C=O) groups is 1. The van der Waals surface area contributed by atoms with Crippen molar-refractivity contribution in [2.45, 2.75) is 25.7 Å². The molecule has 0 spiro atoms. The fourth-order valence-corrected chi connectivity index (χ4v) is 3.74. The monoisotopic (exact) mass is 362 g/mol. The molecule has 1 amide bonds. The van der Waals surface area contributed by atoms with Crippen LogP contribution >= 0.6 is 0 Å². The second-order valence-corrected chi connectivity index (χ2v) is 7.22. The summed E-state index contributed by atoms with van der Waals surface area (Å²) in [7, 11) is 0. The van der Waals surface area contributed by atoms with E-state index in [0.29, 0.717) is 0 Å². The van der Waals surface area contributed by atoms with E-state index in [4.69, 9.17) is 0 Å². The minimum Gasteiger partial charge on any atom is -0.356 e. The second-order valence-electron chi connectivity index (χ2n) is 7.22. The van der Waals surface area contributed by atoms with Crippen molar-refractivity contribution < 1.29 is 4.79 Å². The van der Waals surface area contributed by atoms with E-state index in [1.54, 1.807) is 0 Å². The minimum absolute atomic E-state index is 0.113. The lowest BCUT2D eigenvalue weighted by Crippen LogP contribution is -2.41. The first-order chi connectivity index (χ1) is 13.3. The molecule has 0 saturated carbocycles. The zero-order valence-corrected chi connectivity index (χ0v) is 15.5. The van der Waals surface area contributed by atoms with E-state index in [-0.39, 0.29) is 11.8 Å². The summed E-state index contributed by atoms with van der Waals surface area (Å²) >= 11 is 0. The van der Waals surface area contributed by atoms with Crippen LogP contribution in [-0.2, 0) is 11.2 Å². The summed E-state index contributed by atoms with van der Waals surface area (Å²) in [5.41, 5.74) is 3.38. The Hall–Kier alpha value is -2.82. The predicted octanol–water partition coefficient (Wildman–Crippen LogP) is 3.53. The number of anilines is 1. The smallest absolute Gasteiger partial charge is 0.223 e. The lowest BCUT2D eigenvalue weighted by molar-refractivity contribution is -0.125. The number of hydrogen-bond acceptors (Lipinski definition) is 3. The highest BCUT2D eigenvalue weighted by molar-refractivity contribution is 5.79. The van der Waals surface area contributed by atoms with Gasteiger partial charge in [0, 0.05) is 25.6 Å². The molecule has 5 nitrogen and oxygen atoms in total. The van der Waals surface area contributed by atoms with Gasteiger partial charge in [-0.15, -0.1) is 0 Å². The minimum atomic E-state index is 0.113. The summed E-state index contributed by atoms with van der Waals surface area (Å²) in [6, 6.07) is 18.5. The molecule has 27 heavy (non-hydrogen) atoms. The Bertz CT molecular complexity index is 848. The van der Waals surface area contributed by atoms with Crippen LogP contribution in [0.3, 0.4) is 0 Å². The Morgan fingerprint density at radius 3 is 2.59 bits per heavy atom. The molecule has 0 unspecified atom stereocenters. The third kappa shape index (κ3) is 4.30. The number of rotatable bonds is 6. The fourth-order valence-electron chi connectivity index (χ4n) is 3.74. The van der Waals surface area contributed by atoms with E-state index in [2.05, 4.69) is 44.5 Å². The van der Waals surface area contributed by atoms with Crippen molar-refractivity contribution in [1.82, 2.24) is 15.3 Å². The summed E-state index contributed by atoms with van der Waals surface area (Å²) in [5, 5.41) is 3.12. The molecule has 0 atom stereocenters. The van der Waals surface area contributed by atoms with Crippen LogP contribution in [0.5, 0.6) is 0 Å². The molecule has 4 rings (SSSR count). The van der Waals surface area contributed by atoms with E-state index in [1.807, 2.05) is 30.3 Å². The van der Waals surface area contributed by atoms with Crippen molar-refractivity contribution in [2.24, 2.45) is 5.92 Å². The van der Waals surface area contributed by atoms with Gasteiger partial charge in [-0.1, -0.05) is 42.5 Å². The first kappa shape index (κ1) is 17.6. The molecule has 0 bridgehead atoms. The molecule has 0 radical (unpaired) electrons. The highest BCUT2D eigenvalue weighted by Gasteiger charge is 2.26. The average Bonchev–Trinajstić information content (AvgIpc) is 3.16. The van der Waals surface area contributed by atoms with Crippen LogP contribution in [0, 0.1) is 5.92 Å². The van der Waals surface area contributed by atoms with E-state index < -0.39 is 0 Å². The highest BCUT2D eigenvalue weighted by Crippen LogP contribution is 2.23. The van der Waals surface area contributed by atoms with E-state index >= 15 is 0 Å². The number of fused-ring (bicyclic) bond motifs is 1. The molecule has 3 aromatic rings. The molecule has 0 aliphatic carbocycles. The molecule has 1 saturated heterocycles. The largest absolute Gasteiger partial charge is 0.356 e. The van der Waals surface area contributed by atoms with Gasteiger partial charge >= 0.3 is 0 Å². The first-order valence-electron chi connectivity index (χ1n) is 9.81. The average molecular weight is 362 g/mol. The van der Waals surface area contributed by atoms with Crippen molar-refractivity contribution in [1.29, 1.82) is 0 Å². The number of imidazole rings is 1. The summed E-state index contributed by atoms with van der Waals surface area (Å²) in [6.45, 7) is 2.47. The van der Waals surface area contributed by atoms with Crippen LogP contribution in [-0.4, -0.2) is 35.5 Å². The van der Waals surface area contributed by atoms with Crippen molar-refractivity contribution in [3.8, 4) is 0 Å². The number of amides is 1. The molecule has 1 fully saturated rings. The Balaban J connectivity index is 1.22. The number of piperidine rings is 1. The van der Waals surface area contributed by atoms with E-state index in [9.17, 15) is 4.79 Å². The number of nitrogens with one attached hydrogen (secondary N) is 2. The number of para-hydroxylation sites is 2. The molecule has 2 N–H and O–H groups in total. The van der Waals surface area contributed by atoms with Gasteiger partial charge in [0.2, 0.25) is 11.9 Å². The normalized spacial score (nSPS) is 15.2. The van der Waals surface area contributed by atoms with Gasteiger partial charge in [-0.05, 0) is 43.4 Å². The summed E-state index contributed by atoms with van der Waals surface area (Å²) in [6.07, 6.45) is 3.74. The molecule has 5 heteroatoms. The fraction of sp³-hybridized carbons (Fsp3) is 0.364. The van der Waals surface area contributed by atoms with Crippen LogP contribution in [0.15, 0.2) is 54.6 Å². The molecular formula is C22H26N4O. The van der Waals surface area contributed by atoms with Gasteiger partial charge in [0.25, 0.3) is 0 Å². The predicted molar refractivity (Wildman–Crippen MR) is 109 cm³/mol. The van der Waals surface area contributed by atoms with Gasteiger partial charge in [-0.2, -0.15) is 0 Å². The van der Waals surface area contributed by atoms with Gasteiger partial charge in [-0.25, -0.2) is 4.98 Å². The van der Waals surface area contributed by atoms with Crippen LogP contribution < -0.4 is 10.2 Å². The van der Waals surface area contributed by atoms with Crippen molar-refractivity contribution in [3.05, 3.63) is 60.2 Å². The number of aromatic nitrogens is 2. The quantitative estimate of drug-likeness (QED) is 0.660. The van der Waals surface area contributed by atoms with E-state index in [0.717, 1.165) is 62.3 Å². The lowest BCUT2D eigenvalue weighted by Gasteiger charge is -2.31. The number of aryl methyl sites for hydroxylation is 1. The topological polar surface area (TPSA) is 61.0 Å². The number of hydrogen-bond donors (Lipinski definition) is 2. The zero-order valence-electron chi connectivity index (χ0n) is 15.5. The van der Waals surface area contributed by atoms with Gasteiger partial charge in [0.15, 0.2) is 0 Å². The Morgan fingerprint density at radius 1 is 1.07 bits per heavy atom. The van der Waals surface area contributed by atoms with Crippen LogP contribution in [0.25, 0.3) is 11.0 Å². The molecule has 2 aromatic carbocycles. The van der Waals surface area contributed by atoms with Gasteiger partial charge in [0.05, 0.1) is 11.0 Å². The van der Waals surface area contributed by atoms with E-state index in [1.165, 1.54) is 5.56 Å². The van der Waals surface area contributed by atoms with Gasteiger partial charge < -0.3 is 15.2 Å². The Kier molecular flexibility index (Phi) is 5.37. The maximum absolute atomic E-state index is 12.4.